The Morgan fingerprint density at radius 2 is 2.03 bits per heavy atom. The third-order valence-electron chi connectivity index (χ3n) is 3.98. The third kappa shape index (κ3) is 7.16. The molecule has 3 aromatic rings. The maximum Gasteiger partial charge on any atom is 0.408 e. The molecule has 1 unspecified atom stereocenters. The lowest BCUT2D eigenvalue weighted by Crippen LogP contribution is -2.24. The number of amides is 1. The molecule has 162 valence electrons. The van der Waals surface area contributed by atoms with Gasteiger partial charge < -0.3 is 14.8 Å². The van der Waals surface area contributed by atoms with Gasteiger partial charge in [0, 0.05) is 33.7 Å². The molecule has 31 heavy (non-hydrogen) atoms. The van der Waals surface area contributed by atoms with E-state index in [1.807, 2.05) is 30.5 Å². The number of nitrogens with one attached hydrogen (secondary N) is 1. The van der Waals surface area contributed by atoms with Crippen LogP contribution >= 0.6 is 36.9 Å². The van der Waals surface area contributed by atoms with Gasteiger partial charge in [-0.05, 0) is 51.9 Å². The first-order chi connectivity index (χ1) is 14.7. The normalized spacial score (nSPS) is 11.1. The molecule has 1 atom stereocenters. The van der Waals surface area contributed by atoms with Crippen LogP contribution in [0.5, 0.6) is 17.4 Å². The van der Waals surface area contributed by atoms with Crippen LogP contribution in [0.2, 0.25) is 0 Å². The Labute approximate surface area is 193 Å². The largest absolute Gasteiger partial charge is 0.439 e. The van der Waals surface area contributed by atoms with Gasteiger partial charge in [-0.25, -0.2) is 4.98 Å². The molecule has 3 rings (SSSR count). The monoisotopic (exact) mass is 526 g/mol. The summed E-state index contributed by atoms with van der Waals surface area (Å²) in [7, 11) is 1.32. The number of nitrogens with zero attached hydrogens (tertiary/aromatic N) is 1. The molecule has 10 heteroatoms. The van der Waals surface area contributed by atoms with E-state index in [0.717, 1.165) is 4.90 Å². The minimum atomic E-state index is -3.42. The molecule has 0 radical (unpaired) electrons. The zero-order valence-electron chi connectivity index (χ0n) is 16.3. The minimum Gasteiger partial charge on any atom is -0.439 e. The van der Waals surface area contributed by atoms with Crippen LogP contribution in [0.25, 0.3) is 0 Å². The summed E-state index contributed by atoms with van der Waals surface area (Å²) in [4.78, 5) is 17.7. The number of benzene rings is 2. The number of halogens is 3. The second kappa shape index (κ2) is 10.4. The quantitative estimate of drug-likeness (QED) is 0.284. The third-order valence-corrected chi connectivity index (χ3v) is 5.31. The number of hydrogen-bond acceptors (Lipinski definition) is 5. The van der Waals surface area contributed by atoms with Gasteiger partial charge in [-0.2, -0.15) is 8.78 Å². The van der Waals surface area contributed by atoms with Gasteiger partial charge >= 0.3 is 5.85 Å². The zero-order valence-corrected chi connectivity index (χ0v) is 19.8. The Morgan fingerprint density at radius 3 is 2.71 bits per heavy atom. The number of rotatable bonds is 8. The van der Waals surface area contributed by atoms with E-state index in [1.54, 1.807) is 36.0 Å². The number of carbonyl (C=O) groups excluding carboxylic acids is 1. The Balaban J connectivity index is 1.64. The SMILES string of the molecule is CSc1cccc(Oc2ccc(C(=O)NCc3ccc(Br)cc3OC(F)(F)P)cn2)c1. The Hall–Kier alpha value is -2.22. The van der Waals surface area contributed by atoms with Gasteiger partial charge in [-0.1, -0.05) is 28.1 Å². The van der Waals surface area contributed by atoms with Crippen molar-refractivity contribution in [2.45, 2.75) is 17.3 Å². The molecule has 0 aliphatic heterocycles. The van der Waals surface area contributed by atoms with Crippen LogP contribution in [-0.4, -0.2) is 23.0 Å². The number of alkyl halides is 2. The van der Waals surface area contributed by atoms with Crippen molar-refractivity contribution in [3.8, 4) is 17.4 Å². The zero-order chi connectivity index (χ0) is 22.4. The van der Waals surface area contributed by atoms with E-state index in [4.69, 9.17) is 4.74 Å². The van der Waals surface area contributed by atoms with Crippen molar-refractivity contribution in [1.29, 1.82) is 0 Å². The summed E-state index contributed by atoms with van der Waals surface area (Å²) in [5.41, 5.74) is 0.710. The van der Waals surface area contributed by atoms with E-state index in [1.165, 1.54) is 21.5 Å². The average Bonchev–Trinajstić information content (AvgIpc) is 2.72. The maximum atomic E-state index is 13.2. The van der Waals surface area contributed by atoms with Crippen LogP contribution in [-0.2, 0) is 6.54 Å². The Bertz CT molecular complexity index is 1070. The molecule has 0 spiro atoms. The van der Waals surface area contributed by atoms with Gasteiger partial charge in [0.1, 0.15) is 11.5 Å². The lowest BCUT2D eigenvalue weighted by Gasteiger charge is -2.17. The van der Waals surface area contributed by atoms with Gasteiger partial charge in [0.25, 0.3) is 5.91 Å². The van der Waals surface area contributed by atoms with Crippen LogP contribution in [0.3, 0.4) is 0 Å². The molecule has 0 aliphatic rings. The Kier molecular flexibility index (Phi) is 7.86. The van der Waals surface area contributed by atoms with Crippen molar-refractivity contribution in [2.75, 3.05) is 6.26 Å². The topological polar surface area (TPSA) is 60.5 Å². The highest BCUT2D eigenvalue weighted by molar-refractivity contribution is 9.10. The lowest BCUT2D eigenvalue weighted by atomic mass is 10.2. The van der Waals surface area contributed by atoms with Crippen LogP contribution in [0.1, 0.15) is 15.9 Å². The van der Waals surface area contributed by atoms with E-state index in [-0.39, 0.29) is 12.3 Å². The predicted molar refractivity (Wildman–Crippen MR) is 123 cm³/mol. The molecular weight excluding hydrogens is 509 g/mol. The van der Waals surface area contributed by atoms with Gasteiger partial charge in [-0.3, -0.25) is 4.79 Å². The molecule has 2 aromatic carbocycles. The fraction of sp³-hybridized carbons (Fsp3) is 0.143. The molecule has 1 N–H and O–H groups in total. The summed E-state index contributed by atoms with van der Waals surface area (Å²) in [6.07, 6.45) is 3.36. The smallest absolute Gasteiger partial charge is 0.408 e. The molecule has 0 fully saturated rings. The van der Waals surface area contributed by atoms with E-state index in [9.17, 15) is 13.6 Å². The Morgan fingerprint density at radius 1 is 1.23 bits per heavy atom. The standard InChI is InChI=1S/C21H18BrF2N2O3PS/c1-31-17-4-2-3-16(10-17)28-19-8-6-14(12-25-19)20(27)26-11-13-5-7-15(22)9-18(13)29-21(23,24)30/h2-10,12H,11,30H2,1H3,(H,26,27). The fourth-order valence-electron chi connectivity index (χ4n) is 2.55. The van der Waals surface area contributed by atoms with Crippen LogP contribution in [0.4, 0.5) is 8.78 Å². The molecule has 1 amide bonds. The predicted octanol–water partition coefficient (Wildman–Crippen LogP) is 6.09. The second-order valence-corrected chi connectivity index (χ2v) is 8.73. The minimum absolute atomic E-state index is 0.00191. The highest BCUT2D eigenvalue weighted by atomic mass is 79.9. The lowest BCUT2D eigenvalue weighted by molar-refractivity contribution is -0.0898. The second-order valence-electron chi connectivity index (χ2n) is 6.26. The van der Waals surface area contributed by atoms with Crippen molar-refractivity contribution in [2.24, 2.45) is 0 Å². The van der Waals surface area contributed by atoms with Crippen molar-refractivity contribution < 1.29 is 23.0 Å². The number of hydrogen-bond donors (Lipinski definition) is 1. The summed E-state index contributed by atoms with van der Waals surface area (Å²) in [5.74, 6) is -2.88. The first-order valence-electron chi connectivity index (χ1n) is 8.94. The summed E-state index contributed by atoms with van der Waals surface area (Å²) in [6, 6.07) is 15.4. The molecule has 1 aromatic heterocycles. The van der Waals surface area contributed by atoms with Crippen LogP contribution < -0.4 is 14.8 Å². The maximum absolute atomic E-state index is 13.2. The van der Waals surface area contributed by atoms with Crippen LogP contribution in [0.15, 0.2) is 70.2 Å². The summed E-state index contributed by atoms with van der Waals surface area (Å²) in [5, 5.41) is 2.68. The van der Waals surface area contributed by atoms with Gasteiger partial charge in [0.15, 0.2) is 0 Å². The van der Waals surface area contributed by atoms with Gasteiger partial charge in [0.05, 0.1) is 5.56 Å². The molecule has 0 saturated heterocycles. The summed E-state index contributed by atoms with van der Waals surface area (Å²) < 4.78 is 37.4. The first-order valence-corrected chi connectivity index (χ1v) is 11.5. The molecule has 0 aliphatic carbocycles. The highest BCUT2D eigenvalue weighted by Gasteiger charge is 2.25. The van der Waals surface area contributed by atoms with E-state index >= 15 is 0 Å². The number of pyridine rings is 1. The van der Waals surface area contributed by atoms with Crippen molar-refractivity contribution >= 4 is 42.8 Å². The van der Waals surface area contributed by atoms with Crippen molar-refractivity contribution in [3.05, 3.63) is 76.4 Å². The fourth-order valence-corrected chi connectivity index (χ4v) is 3.47. The molecular formula is C21H18BrF2N2O3PS. The molecule has 5 nitrogen and oxygen atoms in total. The van der Waals surface area contributed by atoms with Crippen LogP contribution in [0, 0.1) is 0 Å². The van der Waals surface area contributed by atoms with Gasteiger partial charge in [-0.15, -0.1) is 11.8 Å². The number of thioether (sulfide) groups is 1. The first kappa shape index (κ1) is 23.4. The van der Waals surface area contributed by atoms with Crippen molar-refractivity contribution in [3.63, 3.8) is 0 Å². The number of ether oxygens (including phenoxy) is 2. The average molecular weight is 527 g/mol. The number of carbonyl (C=O) groups is 1. The van der Waals surface area contributed by atoms with Crippen molar-refractivity contribution in [1.82, 2.24) is 10.3 Å². The van der Waals surface area contributed by atoms with E-state index in [0.29, 0.717) is 27.2 Å². The summed E-state index contributed by atoms with van der Waals surface area (Å²) >= 11 is 4.82. The molecule has 0 saturated carbocycles. The van der Waals surface area contributed by atoms with E-state index < -0.39 is 11.8 Å². The summed E-state index contributed by atoms with van der Waals surface area (Å²) in [6.45, 7) is 0.00191. The van der Waals surface area contributed by atoms with Gasteiger partial charge in [0.2, 0.25) is 5.88 Å². The molecule has 1 heterocycles. The number of aromatic nitrogens is 1. The van der Waals surface area contributed by atoms with E-state index in [2.05, 4.69) is 31.0 Å². The highest BCUT2D eigenvalue weighted by Crippen LogP contribution is 2.32. The molecule has 0 bridgehead atoms.